The maximum absolute atomic E-state index is 7.23. The quantitative estimate of drug-likeness (QED) is 0.635. The summed E-state index contributed by atoms with van der Waals surface area (Å²) < 4.78 is 0. The zero-order chi connectivity index (χ0) is 11.4. The summed E-state index contributed by atoms with van der Waals surface area (Å²) in [7, 11) is 0. The van der Waals surface area contributed by atoms with E-state index in [-0.39, 0.29) is 0 Å². The van der Waals surface area contributed by atoms with Gasteiger partial charge in [0.2, 0.25) is 0 Å². The molecule has 0 aliphatic carbocycles. The zero-order valence-electron chi connectivity index (χ0n) is 10.1. The molecule has 1 rings (SSSR count). The Kier molecular flexibility index (Phi) is 3.91. The molecule has 0 fully saturated rings. The molecule has 0 aromatic heterocycles. The predicted octanol–water partition coefficient (Wildman–Crippen LogP) is 4.49. The fraction of sp³-hybridized carbons (Fsp3) is 0.500. The van der Waals surface area contributed by atoms with Crippen molar-refractivity contribution in [2.45, 2.75) is 46.5 Å². The van der Waals surface area contributed by atoms with Crippen LogP contribution in [-0.2, 0) is 12.8 Å². The van der Waals surface area contributed by atoms with Crippen molar-refractivity contribution in [3.63, 3.8) is 0 Å². The van der Waals surface area contributed by atoms with Gasteiger partial charge in [0.25, 0.3) is 0 Å². The summed E-state index contributed by atoms with van der Waals surface area (Å²) in [6, 6.07) is 4.38. The van der Waals surface area contributed by atoms with Crippen LogP contribution >= 0.6 is 0 Å². The highest BCUT2D eigenvalue weighted by Gasteiger charge is 2.10. The maximum atomic E-state index is 7.23. The van der Waals surface area contributed by atoms with Crippen LogP contribution in [0.2, 0.25) is 0 Å². The minimum atomic E-state index is 0.542. The fourth-order valence-electron chi connectivity index (χ4n) is 1.80. The Morgan fingerprint density at radius 1 is 1.13 bits per heavy atom. The van der Waals surface area contributed by atoms with Crippen LogP contribution in [0.25, 0.3) is 4.85 Å². The molecule has 0 saturated carbocycles. The van der Waals surface area contributed by atoms with Gasteiger partial charge in [-0.05, 0) is 35.4 Å². The molecule has 0 aliphatic heterocycles. The van der Waals surface area contributed by atoms with Crippen LogP contribution in [0, 0.1) is 6.57 Å². The van der Waals surface area contributed by atoms with Crippen LogP contribution in [-0.4, -0.2) is 0 Å². The molecule has 80 valence electrons. The molecule has 0 unspecified atom stereocenters. The van der Waals surface area contributed by atoms with Gasteiger partial charge in [0, 0.05) is 0 Å². The maximum Gasteiger partial charge on any atom is 0.193 e. The topological polar surface area (TPSA) is 4.36 Å². The van der Waals surface area contributed by atoms with Crippen LogP contribution in [0.5, 0.6) is 0 Å². The molecule has 1 heteroatoms. The molecule has 0 atom stereocenters. The van der Waals surface area contributed by atoms with Crippen LogP contribution in [0.15, 0.2) is 12.1 Å². The minimum absolute atomic E-state index is 0.542. The van der Waals surface area contributed by atoms with Crippen molar-refractivity contribution < 1.29 is 0 Å². The van der Waals surface area contributed by atoms with E-state index in [4.69, 9.17) is 6.57 Å². The van der Waals surface area contributed by atoms with Crippen LogP contribution < -0.4 is 0 Å². The van der Waals surface area contributed by atoms with Gasteiger partial charge >= 0.3 is 0 Å². The molecule has 0 N–H and O–H groups in total. The molecule has 0 amide bonds. The summed E-state index contributed by atoms with van der Waals surface area (Å²) in [6.45, 7) is 15.9. The molecule has 1 aromatic rings. The molecule has 0 heterocycles. The first-order valence-electron chi connectivity index (χ1n) is 5.67. The Morgan fingerprint density at radius 2 is 1.60 bits per heavy atom. The number of hydrogen-bond donors (Lipinski definition) is 0. The third kappa shape index (κ3) is 2.39. The van der Waals surface area contributed by atoms with Gasteiger partial charge in [0.05, 0.1) is 6.57 Å². The summed E-state index contributed by atoms with van der Waals surface area (Å²) in [5, 5.41) is 0. The molecule has 0 radical (unpaired) electrons. The summed E-state index contributed by atoms with van der Waals surface area (Å²) >= 11 is 0. The van der Waals surface area contributed by atoms with Crippen molar-refractivity contribution in [3.05, 3.63) is 40.2 Å². The molecule has 15 heavy (non-hydrogen) atoms. The molecule has 0 spiro atoms. The van der Waals surface area contributed by atoms with Crippen LogP contribution in [0.4, 0.5) is 5.69 Å². The lowest BCUT2D eigenvalue weighted by atomic mass is 9.94. The highest BCUT2D eigenvalue weighted by Crippen LogP contribution is 2.30. The minimum Gasteiger partial charge on any atom is -0.238 e. The number of nitrogens with zero attached hydrogens (tertiary/aromatic N) is 1. The van der Waals surface area contributed by atoms with Gasteiger partial charge in [-0.15, -0.1) is 0 Å². The summed E-state index contributed by atoms with van der Waals surface area (Å²) in [5.41, 5.74) is 4.64. The number of rotatable bonds is 3. The van der Waals surface area contributed by atoms with Gasteiger partial charge in [-0.2, -0.15) is 0 Å². The standard InChI is InChI=1S/C14H19N/c1-6-11-8-13(10(3)4)9-12(7-2)14(11)15-5/h8-10H,6-7H2,1-4H3. The lowest BCUT2D eigenvalue weighted by Crippen LogP contribution is -1.95. The number of aryl methyl sites for hydroxylation is 2. The fourth-order valence-corrected chi connectivity index (χ4v) is 1.80. The second-order valence-electron chi connectivity index (χ2n) is 4.16. The second-order valence-corrected chi connectivity index (χ2v) is 4.16. The van der Waals surface area contributed by atoms with Crippen molar-refractivity contribution in [3.8, 4) is 0 Å². The lowest BCUT2D eigenvalue weighted by molar-refractivity contribution is 0.858. The molecule has 0 bridgehead atoms. The molecule has 0 saturated heterocycles. The average molecular weight is 201 g/mol. The number of hydrogen-bond acceptors (Lipinski definition) is 0. The molecular weight excluding hydrogens is 182 g/mol. The van der Waals surface area contributed by atoms with Crippen molar-refractivity contribution in [2.75, 3.05) is 0 Å². The molecule has 1 aromatic carbocycles. The molecular formula is C14H19N. The van der Waals surface area contributed by atoms with Crippen LogP contribution in [0.3, 0.4) is 0 Å². The second kappa shape index (κ2) is 4.98. The smallest absolute Gasteiger partial charge is 0.193 e. The normalized spacial score (nSPS) is 10.4. The lowest BCUT2D eigenvalue weighted by Gasteiger charge is -2.13. The van der Waals surface area contributed by atoms with Crippen LogP contribution in [0.1, 0.15) is 50.3 Å². The van der Waals surface area contributed by atoms with E-state index in [9.17, 15) is 0 Å². The van der Waals surface area contributed by atoms with Crippen molar-refractivity contribution >= 4 is 5.69 Å². The largest absolute Gasteiger partial charge is 0.238 e. The first kappa shape index (κ1) is 11.8. The van der Waals surface area contributed by atoms with E-state index in [0.29, 0.717) is 5.92 Å². The van der Waals surface area contributed by atoms with Gasteiger partial charge in [-0.3, -0.25) is 0 Å². The Morgan fingerprint density at radius 3 is 1.87 bits per heavy atom. The average Bonchev–Trinajstić information content (AvgIpc) is 2.26. The predicted molar refractivity (Wildman–Crippen MR) is 65.5 cm³/mol. The van der Waals surface area contributed by atoms with Gasteiger partial charge < -0.3 is 0 Å². The Balaban J connectivity index is 3.37. The zero-order valence-corrected chi connectivity index (χ0v) is 10.1. The van der Waals surface area contributed by atoms with Gasteiger partial charge in [-0.1, -0.05) is 39.8 Å². The van der Waals surface area contributed by atoms with Gasteiger partial charge in [-0.25, -0.2) is 4.85 Å². The SMILES string of the molecule is [C-]#[N+]c1c(CC)cc(C(C)C)cc1CC. The van der Waals surface area contributed by atoms with Gasteiger partial charge in [0.1, 0.15) is 0 Å². The number of benzene rings is 1. The molecule has 0 aliphatic rings. The van der Waals surface area contributed by atoms with Crippen molar-refractivity contribution in [2.24, 2.45) is 0 Å². The first-order valence-corrected chi connectivity index (χ1v) is 5.67. The summed E-state index contributed by atoms with van der Waals surface area (Å²) in [4.78, 5) is 3.66. The van der Waals surface area contributed by atoms with Crippen molar-refractivity contribution in [1.82, 2.24) is 0 Å². The third-order valence-electron chi connectivity index (χ3n) is 2.83. The summed E-state index contributed by atoms with van der Waals surface area (Å²) in [6.07, 6.45) is 1.90. The van der Waals surface area contributed by atoms with E-state index in [2.05, 4.69) is 44.7 Å². The highest BCUT2D eigenvalue weighted by atomic mass is 14.7. The van der Waals surface area contributed by atoms with E-state index in [1.54, 1.807) is 0 Å². The third-order valence-corrected chi connectivity index (χ3v) is 2.83. The van der Waals surface area contributed by atoms with E-state index < -0.39 is 0 Å². The Bertz CT molecular complexity index is 358. The first-order chi connectivity index (χ1) is 7.13. The molecule has 1 nitrogen and oxygen atoms in total. The van der Waals surface area contributed by atoms with E-state index in [1.807, 2.05) is 0 Å². The monoisotopic (exact) mass is 201 g/mol. The van der Waals surface area contributed by atoms with Gasteiger partial charge in [0.15, 0.2) is 5.69 Å². The van der Waals surface area contributed by atoms with E-state index in [1.165, 1.54) is 16.7 Å². The van der Waals surface area contributed by atoms with Crippen molar-refractivity contribution in [1.29, 1.82) is 0 Å². The summed E-state index contributed by atoms with van der Waals surface area (Å²) in [5.74, 6) is 0.542. The highest BCUT2D eigenvalue weighted by molar-refractivity contribution is 5.60. The Hall–Kier alpha value is -1.29. The van der Waals surface area contributed by atoms with E-state index in [0.717, 1.165) is 18.5 Å². The van der Waals surface area contributed by atoms with E-state index >= 15 is 0 Å². The Labute approximate surface area is 93.0 Å².